The summed E-state index contributed by atoms with van der Waals surface area (Å²) in [5, 5.41) is 56.3. The average molecular weight is 223 g/mol. The molecule has 5 atom stereocenters. The van der Waals surface area contributed by atoms with Gasteiger partial charge in [0.05, 0.1) is 6.61 Å². The smallest absolute Gasteiger partial charge is 0.161 e. The Labute approximate surface area is 84.5 Å². The predicted octanol–water partition coefficient (Wildman–Crippen LogP) is -2.95. The molecule has 1 unspecified atom stereocenters. The number of aliphatic hydroxyl groups excluding tert-OH is 6. The minimum Gasteiger partial charge on any atom is -0.394 e. The Hall–Kier alpha value is -0.930. The van der Waals surface area contributed by atoms with E-state index in [-0.39, 0.29) is 0 Å². The van der Waals surface area contributed by atoms with Gasteiger partial charge in [-0.1, -0.05) is 5.11 Å². The van der Waals surface area contributed by atoms with Gasteiger partial charge in [0.25, 0.3) is 0 Å². The minimum atomic E-state index is -1.96. The molecule has 9 heteroatoms. The molecule has 15 heavy (non-hydrogen) atoms. The Morgan fingerprint density at radius 2 is 1.53 bits per heavy atom. The van der Waals surface area contributed by atoms with Crippen molar-refractivity contribution in [3.05, 3.63) is 10.4 Å². The molecule has 0 fully saturated rings. The highest BCUT2D eigenvalue weighted by molar-refractivity contribution is 4.83. The maximum atomic E-state index is 9.17. The number of hydrogen-bond donors (Lipinski definition) is 6. The highest BCUT2D eigenvalue weighted by atomic mass is 16.4. The highest BCUT2D eigenvalue weighted by Crippen LogP contribution is 2.09. The fourth-order valence-corrected chi connectivity index (χ4v) is 0.835. The molecule has 6 N–H and O–H groups in total. The lowest BCUT2D eigenvalue weighted by Crippen LogP contribution is -2.49. The molecule has 0 aliphatic carbocycles. The van der Waals surface area contributed by atoms with Crippen LogP contribution < -0.4 is 0 Å². The summed E-state index contributed by atoms with van der Waals surface area (Å²) in [6.07, 6.45) is -9.41. The van der Waals surface area contributed by atoms with Gasteiger partial charge < -0.3 is 30.6 Å². The Bertz CT molecular complexity index is 233. The van der Waals surface area contributed by atoms with Gasteiger partial charge in [0.15, 0.2) is 6.23 Å². The summed E-state index contributed by atoms with van der Waals surface area (Å²) < 4.78 is 0. The summed E-state index contributed by atoms with van der Waals surface area (Å²) in [4.78, 5) is 2.17. The third-order valence-corrected chi connectivity index (χ3v) is 1.76. The van der Waals surface area contributed by atoms with Crippen LogP contribution in [0.1, 0.15) is 0 Å². The lowest BCUT2D eigenvalue weighted by Gasteiger charge is -2.26. The topological polar surface area (TPSA) is 170 Å². The van der Waals surface area contributed by atoms with Crippen LogP contribution in [-0.4, -0.2) is 67.9 Å². The lowest BCUT2D eigenvalue weighted by atomic mass is 10.0. The third kappa shape index (κ3) is 3.98. The van der Waals surface area contributed by atoms with Crippen molar-refractivity contribution in [2.24, 2.45) is 5.11 Å². The van der Waals surface area contributed by atoms with Crippen LogP contribution in [-0.2, 0) is 0 Å². The van der Waals surface area contributed by atoms with Crippen molar-refractivity contribution in [3.8, 4) is 0 Å². The van der Waals surface area contributed by atoms with Gasteiger partial charge in [-0.05, 0) is 5.53 Å². The maximum absolute atomic E-state index is 9.17. The van der Waals surface area contributed by atoms with Crippen molar-refractivity contribution in [1.82, 2.24) is 0 Å². The number of aliphatic hydroxyl groups is 6. The fraction of sp³-hybridized carbons (Fsp3) is 1.00. The third-order valence-electron chi connectivity index (χ3n) is 1.76. The fourth-order valence-electron chi connectivity index (χ4n) is 0.835. The van der Waals surface area contributed by atoms with Crippen molar-refractivity contribution >= 4 is 0 Å². The number of nitrogens with zero attached hydrogens (tertiary/aromatic N) is 3. The van der Waals surface area contributed by atoms with Crippen molar-refractivity contribution in [2.45, 2.75) is 30.6 Å². The second kappa shape index (κ2) is 6.53. The molecule has 0 bridgehead atoms. The molecule has 0 radical (unpaired) electrons. The molecular formula is C6H13N3O6. The first-order valence-electron chi connectivity index (χ1n) is 4.01. The van der Waals surface area contributed by atoms with Gasteiger partial charge in [-0.25, -0.2) is 0 Å². The number of azide groups is 1. The number of hydrogen-bond acceptors (Lipinski definition) is 7. The predicted molar refractivity (Wildman–Crippen MR) is 46.3 cm³/mol. The molecular weight excluding hydrogens is 210 g/mol. The van der Waals surface area contributed by atoms with Gasteiger partial charge in [0, 0.05) is 4.91 Å². The molecule has 0 aromatic heterocycles. The normalized spacial score (nSPS) is 20.9. The second-order valence-electron chi connectivity index (χ2n) is 2.84. The standard InChI is InChI=1S/C6H13N3O6/c7-9-8-6(15)5(14)4(13)3(12)2(11)1-10/h2-6,10-15H,1H2/t2-,3-,4+,5-,6?/m1/s1. The zero-order chi connectivity index (χ0) is 12.0. The molecule has 0 amide bonds. The van der Waals surface area contributed by atoms with Crippen LogP contribution in [0.2, 0.25) is 0 Å². The van der Waals surface area contributed by atoms with E-state index >= 15 is 0 Å². The van der Waals surface area contributed by atoms with E-state index < -0.39 is 37.3 Å². The Kier molecular flexibility index (Phi) is 6.13. The molecule has 0 aliphatic rings. The van der Waals surface area contributed by atoms with Crippen molar-refractivity contribution < 1.29 is 30.6 Å². The zero-order valence-corrected chi connectivity index (χ0v) is 7.62. The van der Waals surface area contributed by atoms with Crippen LogP contribution in [0.4, 0.5) is 0 Å². The molecule has 88 valence electrons. The molecule has 0 aromatic rings. The molecule has 0 saturated heterocycles. The quantitative estimate of drug-likeness (QED) is 0.160. The van der Waals surface area contributed by atoms with Crippen molar-refractivity contribution in [2.75, 3.05) is 6.61 Å². The highest BCUT2D eigenvalue weighted by Gasteiger charge is 2.33. The van der Waals surface area contributed by atoms with Crippen LogP contribution >= 0.6 is 0 Å². The molecule has 0 heterocycles. The first-order valence-corrected chi connectivity index (χ1v) is 4.01. The van der Waals surface area contributed by atoms with Gasteiger partial charge in [-0.15, -0.1) is 0 Å². The molecule has 0 spiro atoms. The zero-order valence-electron chi connectivity index (χ0n) is 7.62. The first-order chi connectivity index (χ1) is 6.95. The van der Waals surface area contributed by atoms with E-state index in [2.05, 4.69) is 10.0 Å². The van der Waals surface area contributed by atoms with E-state index in [9.17, 15) is 5.11 Å². The molecule has 0 rings (SSSR count). The van der Waals surface area contributed by atoms with Crippen molar-refractivity contribution in [3.63, 3.8) is 0 Å². The Morgan fingerprint density at radius 3 is 1.93 bits per heavy atom. The Balaban J connectivity index is 4.41. The largest absolute Gasteiger partial charge is 0.394 e. The Morgan fingerprint density at radius 1 is 1.00 bits per heavy atom. The summed E-state index contributed by atoms with van der Waals surface area (Å²) in [6, 6.07) is 0. The van der Waals surface area contributed by atoms with Gasteiger partial charge in [-0.2, -0.15) is 0 Å². The lowest BCUT2D eigenvalue weighted by molar-refractivity contribution is -0.138. The summed E-state index contributed by atoms with van der Waals surface area (Å²) in [5.74, 6) is 0. The van der Waals surface area contributed by atoms with Gasteiger partial charge in [0.2, 0.25) is 0 Å². The van der Waals surface area contributed by atoms with Crippen LogP contribution in [0, 0.1) is 0 Å². The van der Waals surface area contributed by atoms with Gasteiger partial charge in [0.1, 0.15) is 24.4 Å². The van der Waals surface area contributed by atoms with Crippen molar-refractivity contribution in [1.29, 1.82) is 0 Å². The van der Waals surface area contributed by atoms with E-state index in [0.29, 0.717) is 0 Å². The second-order valence-corrected chi connectivity index (χ2v) is 2.84. The van der Waals surface area contributed by atoms with E-state index in [1.54, 1.807) is 0 Å². The SMILES string of the molecule is [N-]=[N+]=NC(O)[C@H](O)[C@@H](O)[C@H](O)[C@H](O)CO. The number of rotatable bonds is 6. The van der Waals surface area contributed by atoms with Crippen LogP contribution in [0.25, 0.3) is 10.4 Å². The van der Waals surface area contributed by atoms with Crippen LogP contribution in [0.3, 0.4) is 0 Å². The summed E-state index contributed by atoms with van der Waals surface area (Å²) in [5.41, 5.74) is 7.92. The minimum absolute atomic E-state index is 0.831. The average Bonchev–Trinajstić information content (AvgIpc) is 2.25. The molecule has 0 aromatic carbocycles. The maximum Gasteiger partial charge on any atom is 0.161 e. The van der Waals surface area contributed by atoms with E-state index in [4.69, 9.17) is 31.1 Å². The summed E-state index contributed by atoms with van der Waals surface area (Å²) >= 11 is 0. The van der Waals surface area contributed by atoms with E-state index in [1.165, 1.54) is 0 Å². The van der Waals surface area contributed by atoms with Crippen LogP contribution in [0.15, 0.2) is 5.11 Å². The van der Waals surface area contributed by atoms with Gasteiger partial charge >= 0.3 is 0 Å². The molecule has 0 aliphatic heterocycles. The summed E-state index contributed by atoms with van der Waals surface area (Å²) in [7, 11) is 0. The summed E-state index contributed by atoms with van der Waals surface area (Å²) in [6.45, 7) is -0.831. The monoisotopic (exact) mass is 223 g/mol. The van der Waals surface area contributed by atoms with Gasteiger partial charge in [-0.3, -0.25) is 0 Å². The van der Waals surface area contributed by atoms with Crippen LogP contribution in [0.5, 0.6) is 0 Å². The van der Waals surface area contributed by atoms with E-state index in [0.717, 1.165) is 0 Å². The first kappa shape index (κ1) is 14.1. The molecule has 9 nitrogen and oxygen atoms in total. The molecule has 0 saturated carbocycles. The van der Waals surface area contributed by atoms with E-state index in [1.807, 2.05) is 0 Å².